The summed E-state index contributed by atoms with van der Waals surface area (Å²) in [6.45, 7) is 0. The van der Waals surface area contributed by atoms with Crippen LogP contribution in [0.15, 0.2) is 138 Å². The fourth-order valence-electron chi connectivity index (χ4n) is 6.64. The molecule has 0 aliphatic carbocycles. The molecule has 206 valence electrons. The first-order chi connectivity index (χ1) is 21.8. The number of thiophene rings is 2. The number of hydrogen-bond donors (Lipinski definition) is 0. The van der Waals surface area contributed by atoms with Crippen LogP contribution in [-0.2, 0) is 0 Å². The smallest absolute Gasteiger partial charge is 0.155 e. The predicted molar refractivity (Wildman–Crippen MR) is 189 cm³/mol. The molecule has 0 spiro atoms. The zero-order chi connectivity index (χ0) is 28.8. The minimum atomic E-state index is 0.781. The molecular weight excluding hydrogens is 577 g/mol. The molecule has 44 heavy (non-hydrogen) atoms. The Hall–Kier alpha value is -5.23. The summed E-state index contributed by atoms with van der Waals surface area (Å²) in [5, 5.41) is 8.43. The van der Waals surface area contributed by atoms with Crippen LogP contribution in [0.4, 0.5) is 17.1 Å². The molecule has 3 nitrogen and oxygen atoms in total. The van der Waals surface area contributed by atoms with E-state index in [9.17, 15) is 0 Å². The number of rotatable bonds is 3. The van der Waals surface area contributed by atoms with Crippen molar-refractivity contribution < 1.29 is 4.42 Å². The van der Waals surface area contributed by atoms with Gasteiger partial charge in [-0.1, -0.05) is 72.8 Å². The molecule has 0 amide bonds. The summed E-state index contributed by atoms with van der Waals surface area (Å²) in [5.74, 6) is 0. The maximum atomic E-state index is 6.57. The summed E-state index contributed by atoms with van der Waals surface area (Å²) >= 11 is 3.68. The van der Waals surface area contributed by atoms with Crippen LogP contribution in [0.2, 0.25) is 0 Å². The first-order valence-corrected chi connectivity index (χ1v) is 16.2. The van der Waals surface area contributed by atoms with Crippen LogP contribution in [0.5, 0.6) is 0 Å². The van der Waals surface area contributed by atoms with Gasteiger partial charge in [-0.05, 0) is 53.9 Å². The molecule has 0 bridgehead atoms. The average Bonchev–Trinajstić information content (AvgIpc) is 3.75. The van der Waals surface area contributed by atoms with Crippen molar-refractivity contribution in [3.05, 3.63) is 134 Å². The van der Waals surface area contributed by atoms with E-state index in [1.54, 1.807) is 0 Å². The van der Waals surface area contributed by atoms with Crippen molar-refractivity contribution in [2.45, 2.75) is 0 Å². The molecule has 5 heteroatoms. The van der Waals surface area contributed by atoms with Gasteiger partial charge >= 0.3 is 0 Å². The first-order valence-electron chi connectivity index (χ1n) is 14.6. The maximum Gasteiger partial charge on any atom is 0.155 e. The molecule has 0 radical (unpaired) electrons. The van der Waals surface area contributed by atoms with Crippen LogP contribution in [-0.4, -0.2) is 4.98 Å². The van der Waals surface area contributed by atoms with E-state index < -0.39 is 0 Å². The Morgan fingerprint density at radius 1 is 0.477 bits per heavy atom. The predicted octanol–water partition coefficient (Wildman–Crippen LogP) is 12.3. The number of pyridine rings is 1. The highest BCUT2D eigenvalue weighted by atomic mass is 32.1. The lowest BCUT2D eigenvalue weighted by atomic mass is 10.1. The third-order valence-electron chi connectivity index (χ3n) is 8.68. The van der Waals surface area contributed by atoms with Gasteiger partial charge in [0.2, 0.25) is 0 Å². The summed E-state index contributed by atoms with van der Waals surface area (Å²) in [4.78, 5) is 7.33. The quantitative estimate of drug-likeness (QED) is 0.203. The van der Waals surface area contributed by atoms with Crippen molar-refractivity contribution >= 4 is 113 Å². The lowest BCUT2D eigenvalue weighted by molar-refractivity contribution is 0.672. The van der Waals surface area contributed by atoms with Crippen molar-refractivity contribution in [1.82, 2.24) is 4.98 Å². The zero-order valence-corrected chi connectivity index (χ0v) is 25.0. The van der Waals surface area contributed by atoms with Gasteiger partial charge in [-0.25, -0.2) is 4.98 Å². The normalized spacial score (nSPS) is 12.1. The monoisotopic (exact) mass is 598 g/mol. The Morgan fingerprint density at radius 2 is 1.11 bits per heavy atom. The summed E-state index contributed by atoms with van der Waals surface area (Å²) in [6.07, 6.45) is 1.98. The highest BCUT2D eigenvalue weighted by Crippen LogP contribution is 2.44. The molecule has 0 fully saturated rings. The van der Waals surface area contributed by atoms with Gasteiger partial charge in [0.1, 0.15) is 11.1 Å². The summed E-state index contributed by atoms with van der Waals surface area (Å²) in [6, 6.07) is 45.7. The number of furan rings is 1. The SMILES string of the molecule is c1ccc2c(c1)ccc1c3ncc(N(c4ccc5c(c4)sc4ccccc45)c4ccc5sc6ccccc6c5c4)cc3oc21. The number of nitrogens with zero attached hydrogens (tertiary/aromatic N) is 2. The molecule has 0 saturated heterocycles. The summed E-state index contributed by atoms with van der Waals surface area (Å²) in [7, 11) is 0. The molecule has 6 aromatic carbocycles. The number of fused-ring (bicyclic) bond motifs is 11. The lowest BCUT2D eigenvalue weighted by Gasteiger charge is -2.25. The molecule has 0 atom stereocenters. The van der Waals surface area contributed by atoms with Crippen LogP contribution in [0.25, 0.3) is 73.2 Å². The highest BCUT2D eigenvalue weighted by molar-refractivity contribution is 7.26. The molecular formula is C39H22N2OS2. The fraction of sp³-hybridized carbons (Fsp3) is 0. The van der Waals surface area contributed by atoms with Crippen LogP contribution >= 0.6 is 22.7 Å². The van der Waals surface area contributed by atoms with Crippen molar-refractivity contribution in [2.24, 2.45) is 0 Å². The molecule has 0 N–H and O–H groups in total. The highest BCUT2D eigenvalue weighted by Gasteiger charge is 2.19. The minimum absolute atomic E-state index is 0.781. The Bertz CT molecular complexity index is 2750. The molecule has 10 rings (SSSR count). The topological polar surface area (TPSA) is 29.3 Å². The van der Waals surface area contributed by atoms with Crippen LogP contribution in [0, 0.1) is 0 Å². The van der Waals surface area contributed by atoms with E-state index in [1.807, 2.05) is 28.9 Å². The lowest BCUT2D eigenvalue weighted by Crippen LogP contribution is -2.10. The number of anilines is 3. The second kappa shape index (κ2) is 9.13. The van der Waals surface area contributed by atoms with Crippen molar-refractivity contribution in [2.75, 3.05) is 4.90 Å². The van der Waals surface area contributed by atoms with E-state index in [0.717, 1.165) is 49.9 Å². The standard InChI is InChI=1S/C39H22N2OS2/c1-2-8-27-23(7-1)13-16-31-38-33(42-39(27)31)20-26(22-40-38)41(24-15-18-36-32(19-24)29-10-4-6-12-35(29)43-36)25-14-17-30-28-9-3-5-11-34(28)44-37(30)21-25/h1-22H. The second-order valence-corrected chi connectivity index (χ2v) is 13.4. The van der Waals surface area contributed by atoms with Gasteiger partial charge in [-0.15, -0.1) is 22.7 Å². The molecule has 0 aliphatic rings. The molecule has 10 aromatic rings. The van der Waals surface area contributed by atoms with Crippen LogP contribution in [0.1, 0.15) is 0 Å². The maximum absolute atomic E-state index is 6.57. The van der Waals surface area contributed by atoms with Gasteiger partial charge < -0.3 is 9.32 Å². The van der Waals surface area contributed by atoms with E-state index in [0.29, 0.717) is 0 Å². The molecule has 4 heterocycles. The van der Waals surface area contributed by atoms with Gasteiger partial charge in [0.15, 0.2) is 5.58 Å². The van der Waals surface area contributed by atoms with Crippen LogP contribution < -0.4 is 4.90 Å². The third kappa shape index (κ3) is 3.51. The van der Waals surface area contributed by atoms with Crippen molar-refractivity contribution in [3.63, 3.8) is 0 Å². The number of benzene rings is 6. The Balaban J connectivity index is 1.22. The largest absolute Gasteiger partial charge is 0.454 e. The minimum Gasteiger partial charge on any atom is -0.454 e. The van der Waals surface area contributed by atoms with E-state index >= 15 is 0 Å². The Labute approximate surface area is 259 Å². The van der Waals surface area contributed by atoms with E-state index in [1.165, 1.54) is 40.3 Å². The van der Waals surface area contributed by atoms with Crippen molar-refractivity contribution in [1.29, 1.82) is 0 Å². The molecule has 4 aromatic heterocycles. The Kier molecular flexibility index (Phi) is 5.03. The van der Waals surface area contributed by atoms with Gasteiger partial charge in [-0.2, -0.15) is 0 Å². The van der Waals surface area contributed by atoms with Crippen molar-refractivity contribution in [3.8, 4) is 0 Å². The van der Waals surface area contributed by atoms with E-state index in [4.69, 9.17) is 9.40 Å². The molecule has 0 unspecified atom stereocenters. The van der Waals surface area contributed by atoms with Gasteiger partial charge in [0.05, 0.1) is 11.9 Å². The average molecular weight is 599 g/mol. The summed E-state index contributed by atoms with van der Waals surface area (Å²) < 4.78 is 11.7. The molecule has 0 aliphatic heterocycles. The fourth-order valence-corrected chi connectivity index (χ4v) is 8.87. The molecule has 0 saturated carbocycles. The third-order valence-corrected chi connectivity index (χ3v) is 11.0. The van der Waals surface area contributed by atoms with Gasteiger partial charge in [0.25, 0.3) is 0 Å². The summed E-state index contributed by atoms with van der Waals surface area (Å²) in [5.41, 5.74) is 5.68. The van der Waals surface area contributed by atoms with E-state index in [2.05, 4.69) is 132 Å². The Morgan fingerprint density at radius 3 is 1.98 bits per heavy atom. The second-order valence-electron chi connectivity index (χ2n) is 11.2. The van der Waals surface area contributed by atoms with Gasteiger partial charge in [-0.3, -0.25) is 0 Å². The van der Waals surface area contributed by atoms with E-state index in [-0.39, 0.29) is 0 Å². The first kappa shape index (κ1) is 24.2. The van der Waals surface area contributed by atoms with Crippen LogP contribution in [0.3, 0.4) is 0 Å². The zero-order valence-electron chi connectivity index (χ0n) is 23.3. The number of aromatic nitrogens is 1. The van der Waals surface area contributed by atoms with Gasteiger partial charge in [0, 0.05) is 68.6 Å². The number of hydrogen-bond acceptors (Lipinski definition) is 5.